The number of piperidine rings is 1. The summed E-state index contributed by atoms with van der Waals surface area (Å²) >= 11 is 0. The van der Waals surface area contributed by atoms with E-state index >= 15 is 0 Å². The lowest BCUT2D eigenvalue weighted by Gasteiger charge is -2.44. The minimum atomic E-state index is -0.638. The number of hydrogen-bond donors (Lipinski definition) is 0. The fourth-order valence-electron chi connectivity index (χ4n) is 5.04. The summed E-state index contributed by atoms with van der Waals surface area (Å²) < 4.78 is 17.1. The summed E-state index contributed by atoms with van der Waals surface area (Å²) in [5.41, 5.74) is -0.477. The van der Waals surface area contributed by atoms with Crippen LogP contribution in [0.4, 0.5) is 0 Å². The van der Waals surface area contributed by atoms with E-state index in [1.165, 1.54) is 7.11 Å². The molecule has 1 spiro atoms. The normalized spacial score (nSPS) is 22.6. The average Bonchev–Trinajstić information content (AvgIpc) is 3.15. The molecule has 0 saturated carbocycles. The predicted octanol–water partition coefficient (Wildman–Crippen LogP) is 2.68. The fourth-order valence-corrected chi connectivity index (χ4v) is 5.04. The first-order valence-electron chi connectivity index (χ1n) is 11.1. The molecule has 0 bridgehead atoms. The van der Waals surface area contributed by atoms with Crippen molar-refractivity contribution in [1.29, 1.82) is 0 Å². The summed E-state index contributed by atoms with van der Waals surface area (Å²) in [7, 11) is 3.07. The quantitative estimate of drug-likeness (QED) is 0.713. The van der Waals surface area contributed by atoms with E-state index in [-0.39, 0.29) is 41.9 Å². The number of carbonyl (C=O) groups is 3. The summed E-state index contributed by atoms with van der Waals surface area (Å²) in [4.78, 5) is 42.1. The Hall–Kier alpha value is -2.77. The molecule has 4 rings (SSSR count). The van der Waals surface area contributed by atoms with Gasteiger partial charge in [-0.1, -0.05) is 0 Å². The maximum absolute atomic E-state index is 13.1. The number of rotatable bonds is 3. The highest BCUT2D eigenvalue weighted by molar-refractivity contribution is 6.03. The van der Waals surface area contributed by atoms with Gasteiger partial charge in [0.05, 0.1) is 26.6 Å². The average molecular weight is 445 g/mol. The Morgan fingerprint density at radius 1 is 1.12 bits per heavy atom. The number of likely N-dealkylation sites (tertiary alicyclic amines) is 2. The number of amides is 2. The molecule has 0 N–H and O–H groups in total. The van der Waals surface area contributed by atoms with Crippen molar-refractivity contribution in [3.8, 4) is 17.2 Å². The number of methoxy groups -OCH3 is 2. The van der Waals surface area contributed by atoms with Gasteiger partial charge in [0.2, 0.25) is 11.8 Å². The summed E-state index contributed by atoms with van der Waals surface area (Å²) in [6, 6.07) is 3.41. The van der Waals surface area contributed by atoms with Gasteiger partial charge in [0.15, 0.2) is 5.78 Å². The molecule has 2 amide bonds. The molecule has 174 valence electrons. The number of carbonyl (C=O) groups excluding carboxylic acids is 3. The predicted molar refractivity (Wildman–Crippen MR) is 117 cm³/mol. The second-order valence-electron chi connectivity index (χ2n) is 9.99. The van der Waals surface area contributed by atoms with Gasteiger partial charge in [-0.2, -0.15) is 0 Å². The van der Waals surface area contributed by atoms with E-state index in [0.29, 0.717) is 55.3 Å². The van der Waals surface area contributed by atoms with E-state index in [1.54, 1.807) is 24.1 Å². The molecule has 2 saturated heterocycles. The van der Waals surface area contributed by atoms with Crippen molar-refractivity contribution in [1.82, 2.24) is 9.80 Å². The molecule has 1 atom stereocenters. The number of ether oxygens (including phenoxy) is 3. The minimum absolute atomic E-state index is 0.0193. The number of hydrogen-bond acceptors (Lipinski definition) is 6. The number of Topliss-reactive ketones (excluding diaryl/α,β-unsaturated/α-hetero) is 1. The summed E-state index contributed by atoms with van der Waals surface area (Å²) in [5, 5.41) is 0. The van der Waals surface area contributed by atoms with Gasteiger partial charge in [-0.25, -0.2) is 0 Å². The summed E-state index contributed by atoms with van der Waals surface area (Å²) in [6.45, 7) is 7.43. The first-order valence-corrected chi connectivity index (χ1v) is 11.1. The minimum Gasteiger partial charge on any atom is -0.496 e. The third-order valence-electron chi connectivity index (χ3n) is 6.85. The zero-order chi connectivity index (χ0) is 23.3. The van der Waals surface area contributed by atoms with Crippen molar-refractivity contribution in [3.05, 3.63) is 17.7 Å². The largest absolute Gasteiger partial charge is 0.496 e. The number of ketones is 1. The lowest BCUT2D eigenvalue weighted by Crippen LogP contribution is -2.53. The first kappa shape index (κ1) is 22.4. The molecule has 3 heterocycles. The maximum atomic E-state index is 13.1. The smallest absolute Gasteiger partial charge is 0.227 e. The Labute approximate surface area is 188 Å². The van der Waals surface area contributed by atoms with Crippen LogP contribution >= 0.6 is 0 Å². The van der Waals surface area contributed by atoms with Crippen LogP contribution in [0.2, 0.25) is 0 Å². The molecule has 1 aromatic carbocycles. The summed E-state index contributed by atoms with van der Waals surface area (Å²) in [6.07, 6.45) is 1.64. The topological polar surface area (TPSA) is 85.4 Å². The van der Waals surface area contributed by atoms with Gasteiger partial charge >= 0.3 is 0 Å². The van der Waals surface area contributed by atoms with Crippen molar-refractivity contribution in [3.63, 3.8) is 0 Å². The molecule has 3 aliphatic rings. The molecular formula is C24H32N2O6. The lowest BCUT2D eigenvalue weighted by molar-refractivity contribution is -0.139. The van der Waals surface area contributed by atoms with Crippen LogP contribution in [0.5, 0.6) is 17.2 Å². The third kappa shape index (κ3) is 3.91. The van der Waals surface area contributed by atoms with Crippen LogP contribution in [0.1, 0.15) is 56.8 Å². The standard InChI is InChI=1S/C24H32N2O6/c1-23(2,3)26-14-15(10-20(26)28)22(29)25-8-6-24(7-9-25)13-17(27)21-18(31-5)11-16(30-4)12-19(21)32-24/h11-12,15H,6-10,13-14H2,1-5H3. The van der Waals surface area contributed by atoms with Gasteiger partial charge in [-0.05, 0) is 20.8 Å². The summed E-state index contributed by atoms with van der Waals surface area (Å²) in [5.74, 6) is 1.20. The Bertz CT molecular complexity index is 943. The number of benzene rings is 1. The van der Waals surface area contributed by atoms with E-state index in [2.05, 4.69) is 0 Å². The van der Waals surface area contributed by atoms with E-state index in [9.17, 15) is 14.4 Å². The zero-order valence-corrected chi connectivity index (χ0v) is 19.5. The Balaban J connectivity index is 1.46. The molecule has 0 aromatic heterocycles. The Morgan fingerprint density at radius 2 is 1.81 bits per heavy atom. The molecule has 0 aliphatic carbocycles. The van der Waals surface area contributed by atoms with Crippen molar-refractivity contribution < 1.29 is 28.6 Å². The van der Waals surface area contributed by atoms with Crippen LogP contribution in [-0.2, 0) is 9.59 Å². The van der Waals surface area contributed by atoms with Gasteiger partial charge < -0.3 is 24.0 Å². The van der Waals surface area contributed by atoms with Crippen molar-refractivity contribution >= 4 is 17.6 Å². The highest BCUT2D eigenvalue weighted by Crippen LogP contribution is 2.45. The van der Waals surface area contributed by atoms with Gasteiger partial charge in [0.1, 0.15) is 28.4 Å². The van der Waals surface area contributed by atoms with Gasteiger partial charge in [0, 0.05) is 56.6 Å². The zero-order valence-electron chi connectivity index (χ0n) is 19.5. The van der Waals surface area contributed by atoms with Gasteiger partial charge in [-0.15, -0.1) is 0 Å². The Morgan fingerprint density at radius 3 is 2.38 bits per heavy atom. The number of nitrogens with zero attached hydrogens (tertiary/aromatic N) is 2. The molecular weight excluding hydrogens is 412 g/mol. The molecule has 32 heavy (non-hydrogen) atoms. The highest BCUT2D eigenvalue weighted by Gasteiger charge is 2.47. The van der Waals surface area contributed by atoms with Gasteiger partial charge in [-0.3, -0.25) is 14.4 Å². The van der Waals surface area contributed by atoms with Crippen LogP contribution in [-0.4, -0.2) is 72.4 Å². The molecule has 1 unspecified atom stereocenters. The second-order valence-corrected chi connectivity index (χ2v) is 9.99. The molecule has 3 aliphatic heterocycles. The first-order chi connectivity index (χ1) is 15.1. The van der Waals surface area contributed by atoms with E-state index in [1.807, 2.05) is 25.7 Å². The van der Waals surface area contributed by atoms with E-state index in [4.69, 9.17) is 14.2 Å². The van der Waals surface area contributed by atoms with Crippen molar-refractivity contribution in [2.75, 3.05) is 33.9 Å². The van der Waals surface area contributed by atoms with Gasteiger partial charge in [0.25, 0.3) is 0 Å². The van der Waals surface area contributed by atoms with E-state index < -0.39 is 5.60 Å². The fraction of sp³-hybridized carbons (Fsp3) is 0.625. The molecule has 1 aromatic rings. The third-order valence-corrected chi connectivity index (χ3v) is 6.85. The Kier molecular flexibility index (Phi) is 5.59. The highest BCUT2D eigenvalue weighted by atomic mass is 16.5. The van der Waals surface area contributed by atoms with E-state index in [0.717, 1.165) is 0 Å². The van der Waals surface area contributed by atoms with Crippen molar-refractivity contribution in [2.24, 2.45) is 5.92 Å². The molecule has 0 radical (unpaired) electrons. The number of fused-ring (bicyclic) bond motifs is 1. The molecule has 8 heteroatoms. The van der Waals surface area contributed by atoms with Crippen molar-refractivity contribution in [2.45, 2.75) is 57.6 Å². The van der Waals surface area contributed by atoms with Crippen LogP contribution in [0, 0.1) is 5.92 Å². The lowest BCUT2D eigenvalue weighted by atomic mass is 9.82. The van der Waals surface area contributed by atoms with Crippen LogP contribution in [0.3, 0.4) is 0 Å². The maximum Gasteiger partial charge on any atom is 0.227 e. The monoisotopic (exact) mass is 444 g/mol. The van der Waals surface area contributed by atoms with Crippen LogP contribution < -0.4 is 14.2 Å². The van der Waals surface area contributed by atoms with Crippen LogP contribution in [0.15, 0.2) is 12.1 Å². The van der Waals surface area contributed by atoms with Crippen LogP contribution in [0.25, 0.3) is 0 Å². The SMILES string of the molecule is COc1cc(OC)c2c(c1)OC1(CCN(C(=O)C3CC(=O)N(C(C)(C)C)C3)CC1)CC2=O. The molecule has 2 fully saturated rings. The second kappa shape index (κ2) is 7.98. The molecule has 8 nitrogen and oxygen atoms in total.